The summed E-state index contributed by atoms with van der Waals surface area (Å²) in [5, 5.41) is -0.168. The predicted molar refractivity (Wildman–Crippen MR) is 51.1 cm³/mol. The van der Waals surface area contributed by atoms with E-state index in [1.807, 2.05) is 13.8 Å². The fourth-order valence-corrected chi connectivity index (χ4v) is 0.727. The van der Waals surface area contributed by atoms with E-state index in [1.165, 1.54) is 0 Å². The van der Waals surface area contributed by atoms with Gasteiger partial charge in [0, 0.05) is 5.38 Å². The highest BCUT2D eigenvalue weighted by Crippen LogP contribution is 2.09. The highest BCUT2D eigenvalue weighted by Gasteiger charge is 2.11. The van der Waals surface area contributed by atoms with Crippen LogP contribution in [0.4, 0.5) is 0 Å². The van der Waals surface area contributed by atoms with Crippen LogP contribution in [0.5, 0.6) is 0 Å². The van der Waals surface area contributed by atoms with E-state index in [0.717, 1.165) is 0 Å². The number of hydrogen-bond donors (Lipinski definition) is 0. The number of hydrogen-bond acceptors (Lipinski definition) is 1. The molecule has 68 valence electrons. The fourth-order valence-electron chi connectivity index (χ4n) is 0.476. The minimum absolute atomic E-state index is 0.0319. The second kappa shape index (κ2) is 6.36. The second-order valence-electron chi connectivity index (χ2n) is 2.51. The van der Waals surface area contributed by atoms with Gasteiger partial charge in [-0.15, -0.1) is 34.8 Å². The molecule has 0 N–H and O–H groups in total. The van der Waals surface area contributed by atoms with Crippen LogP contribution in [0.2, 0.25) is 0 Å². The Morgan fingerprint density at radius 1 is 1.09 bits per heavy atom. The second-order valence-corrected chi connectivity index (χ2v) is 4.51. The van der Waals surface area contributed by atoms with E-state index in [-0.39, 0.29) is 16.1 Å². The lowest BCUT2D eigenvalue weighted by atomic mass is 10.3. The summed E-state index contributed by atoms with van der Waals surface area (Å²) in [6, 6.07) is 0. The number of halogens is 3. The van der Waals surface area contributed by atoms with Gasteiger partial charge in [-0.1, -0.05) is 0 Å². The van der Waals surface area contributed by atoms with Crippen LogP contribution in [0.15, 0.2) is 0 Å². The first-order valence-corrected chi connectivity index (χ1v) is 4.85. The topological polar surface area (TPSA) is 9.23 Å². The molecule has 0 radical (unpaired) electrons. The number of alkyl halides is 3. The summed E-state index contributed by atoms with van der Waals surface area (Å²) < 4.78 is 5.17. The highest BCUT2D eigenvalue weighted by atomic mass is 35.5. The van der Waals surface area contributed by atoms with E-state index in [0.29, 0.717) is 13.2 Å². The van der Waals surface area contributed by atoms with Crippen molar-refractivity contribution >= 4 is 34.8 Å². The Bertz CT molecular complexity index is 95.7. The van der Waals surface area contributed by atoms with E-state index < -0.39 is 0 Å². The van der Waals surface area contributed by atoms with Gasteiger partial charge in [0.15, 0.2) is 0 Å². The van der Waals surface area contributed by atoms with Crippen LogP contribution in [-0.4, -0.2) is 29.3 Å². The van der Waals surface area contributed by atoms with Crippen LogP contribution in [0.3, 0.4) is 0 Å². The molecule has 3 atom stereocenters. The Balaban J connectivity index is 3.24. The van der Waals surface area contributed by atoms with Gasteiger partial charge in [0.2, 0.25) is 0 Å². The maximum absolute atomic E-state index is 5.80. The van der Waals surface area contributed by atoms with Gasteiger partial charge in [-0.3, -0.25) is 0 Å². The van der Waals surface area contributed by atoms with E-state index in [4.69, 9.17) is 39.5 Å². The largest absolute Gasteiger partial charge is 0.378 e. The summed E-state index contributed by atoms with van der Waals surface area (Å²) in [4.78, 5) is 0. The molecule has 0 rings (SSSR count). The third kappa shape index (κ3) is 7.20. The van der Waals surface area contributed by atoms with Crippen molar-refractivity contribution in [2.45, 2.75) is 30.0 Å². The third-order valence-electron chi connectivity index (χ3n) is 1.12. The van der Waals surface area contributed by atoms with Crippen LogP contribution >= 0.6 is 34.8 Å². The monoisotopic (exact) mass is 218 g/mol. The van der Waals surface area contributed by atoms with Gasteiger partial charge in [-0.2, -0.15) is 0 Å². The summed E-state index contributed by atoms with van der Waals surface area (Å²) in [5.74, 6) is 0. The lowest BCUT2D eigenvalue weighted by Crippen LogP contribution is -2.20. The molecule has 0 aliphatic carbocycles. The van der Waals surface area contributed by atoms with Crippen molar-refractivity contribution in [3.05, 3.63) is 0 Å². The molecule has 0 aromatic heterocycles. The molecule has 4 heteroatoms. The van der Waals surface area contributed by atoms with Gasteiger partial charge < -0.3 is 4.74 Å². The number of ether oxygens (including phenoxy) is 1. The smallest absolute Gasteiger partial charge is 0.0730 e. The van der Waals surface area contributed by atoms with E-state index in [2.05, 4.69) is 0 Å². The van der Waals surface area contributed by atoms with Gasteiger partial charge in [-0.25, -0.2) is 0 Å². The summed E-state index contributed by atoms with van der Waals surface area (Å²) in [7, 11) is 0. The molecule has 0 aromatic carbocycles. The molecule has 0 saturated heterocycles. The third-order valence-corrected chi connectivity index (χ3v) is 2.19. The Morgan fingerprint density at radius 3 is 2.00 bits per heavy atom. The first-order chi connectivity index (χ1) is 5.04. The molecule has 0 spiro atoms. The van der Waals surface area contributed by atoms with Crippen LogP contribution in [0, 0.1) is 0 Å². The lowest BCUT2D eigenvalue weighted by molar-refractivity contribution is 0.136. The molecule has 0 saturated carbocycles. The van der Waals surface area contributed by atoms with Gasteiger partial charge in [0.25, 0.3) is 0 Å². The minimum atomic E-state index is -0.132. The van der Waals surface area contributed by atoms with Crippen molar-refractivity contribution in [2.24, 2.45) is 0 Å². The molecule has 3 unspecified atom stereocenters. The summed E-state index contributed by atoms with van der Waals surface area (Å²) >= 11 is 17.1. The van der Waals surface area contributed by atoms with Crippen molar-refractivity contribution in [1.29, 1.82) is 0 Å². The lowest BCUT2D eigenvalue weighted by Gasteiger charge is -2.12. The fraction of sp³-hybridized carbons (Fsp3) is 1.00. The van der Waals surface area contributed by atoms with Crippen molar-refractivity contribution in [3.63, 3.8) is 0 Å². The van der Waals surface area contributed by atoms with Crippen LogP contribution in [0.25, 0.3) is 0 Å². The van der Waals surface area contributed by atoms with Crippen molar-refractivity contribution in [2.75, 3.05) is 13.2 Å². The molecule has 0 aliphatic heterocycles. The highest BCUT2D eigenvalue weighted by molar-refractivity contribution is 6.29. The first-order valence-electron chi connectivity index (χ1n) is 3.54. The van der Waals surface area contributed by atoms with Gasteiger partial charge >= 0.3 is 0 Å². The normalized spacial score (nSPS) is 19.4. The standard InChI is InChI=1S/C7H13Cl3O/c1-5(8)3-11-4-7(10)6(2)9/h5-7H,3-4H2,1-2H3. The van der Waals surface area contributed by atoms with Crippen molar-refractivity contribution in [3.8, 4) is 0 Å². The molecule has 0 bridgehead atoms. The Labute approximate surface area is 83.0 Å². The average Bonchev–Trinajstić information content (AvgIpc) is 1.86. The van der Waals surface area contributed by atoms with Crippen molar-refractivity contribution < 1.29 is 4.74 Å². The molecule has 0 heterocycles. The van der Waals surface area contributed by atoms with Gasteiger partial charge in [0.1, 0.15) is 0 Å². The molecular formula is C7H13Cl3O. The van der Waals surface area contributed by atoms with E-state index in [1.54, 1.807) is 0 Å². The van der Waals surface area contributed by atoms with Crippen LogP contribution < -0.4 is 0 Å². The molecule has 11 heavy (non-hydrogen) atoms. The predicted octanol–water partition coefficient (Wildman–Crippen LogP) is 2.87. The zero-order chi connectivity index (χ0) is 8.85. The van der Waals surface area contributed by atoms with Crippen molar-refractivity contribution in [1.82, 2.24) is 0 Å². The number of rotatable bonds is 5. The van der Waals surface area contributed by atoms with E-state index in [9.17, 15) is 0 Å². The summed E-state index contributed by atoms with van der Waals surface area (Å²) in [6.07, 6.45) is 0. The van der Waals surface area contributed by atoms with Crippen LogP contribution in [-0.2, 0) is 4.74 Å². The quantitative estimate of drug-likeness (QED) is 0.646. The minimum Gasteiger partial charge on any atom is -0.378 e. The zero-order valence-corrected chi connectivity index (χ0v) is 8.96. The maximum atomic E-state index is 5.80. The Hall–Kier alpha value is 0.830. The molecule has 0 aliphatic rings. The molecule has 1 nitrogen and oxygen atoms in total. The average molecular weight is 220 g/mol. The van der Waals surface area contributed by atoms with Gasteiger partial charge in [-0.05, 0) is 13.8 Å². The molecule has 0 amide bonds. The SMILES string of the molecule is CC(Cl)COCC(Cl)C(C)Cl. The molecular weight excluding hydrogens is 206 g/mol. The Morgan fingerprint density at radius 2 is 1.64 bits per heavy atom. The summed E-state index contributed by atoms with van der Waals surface area (Å²) in [6.45, 7) is 4.69. The summed E-state index contributed by atoms with van der Waals surface area (Å²) in [5.41, 5.74) is 0. The molecule has 0 aromatic rings. The molecule has 0 fully saturated rings. The van der Waals surface area contributed by atoms with Gasteiger partial charge in [0.05, 0.1) is 24.0 Å². The zero-order valence-electron chi connectivity index (χ0n) is 6.69. The maximum Gasteiger partial charge on any atom is 0.0730 e. The van der Waals surface area contributed by atoms with E-state index >= 15 is 0 Å². The van der Waals surface area contributed by atoms with Crippen LogP contribution in [0.1, 0.15) is 13.8 Å². The Kier molecular flexibility index (Phi) is 6.84. The first kappa shape index (κ1) is 11.8.